The summed E-state index contributed by atoms with van der Waals surface area (Å²) in [5, 5.41) is 0. The maximum atomic E-state index is 12.7. The second-order valence-corrected chi connectivity index (χ2v) is 5.49. The summed E-state index contributed by atoms with van der Waals surface area (Å²) in [6.07, 6.45) is 1.05. The van der Waals surface area contributed by atoms with Crippen molar-refractivity contribution in [1.29, 1.82) is 0 Å². The Balaban J connectivity index is 2.21. The lowest BCUT2D eigenvalue weighted by atomic mass is 10.1. The molecule has 1 unspecified atom stereocenters. The molecule has 1 saturated heterocycles. The SMILES string of the molecule is CCC1CN(C(=O)c2cc(C)ccc2NN)CCN1C. The van der Waals surface area contributed by atoms with Gasteiger partial charge in [0, 0.05) is 25.7 Å². The van der Waals surface area contributed by atoms with E-state index in [4.69, 9.17) is 5.84 Å². The van der Waals surface area contributed by atoms with Gasteiger partial charge in [-0.05, 0) is 32.5 Å². The summed E-state index contributed by atoms with van der Waals surface area (Å²) in [6, 6.07) is 6.14. The van der Waals surface area contributed by atoms with Crippen molar-refractivity contribution in [2.24, 2.45) is 5.84 Å². The Kier molecular flexibility index (Phi) is 4.62. The number of nitrogens with two attached hydrogens (primary N) is 1. The van der Waals surface area contributed by atoms with Gasteiger partial charge in [-0.25, -0.2) is 0 Å². The molecular weight excluding hydrogens is 252 g/mol. The Hall–Kier alpha value is -1.59. The van der Waals surface area contributed by atoms with E-state index in [1.165, 1.54) is 0 Å². The number of nitrogen functional groups attached to an aromatic ring is 1. The third-order valence-electron chi connectivity index (χ3n) is 4.10. The van der Waals surface area contributed by atoms with Crippen LogP contribution in [-0.2, 0) is 0 Å². The lowest BCUT2D eigenvalue weighted by Gasteiger charge is -2.39. The quantitative estimate of drug-likeness (QED) is 0.648. The van der Waals surface area contributed by atoms with Crippen LogP contribution in [0.2, 0.25) is 0 Å². The monoisotopic (exact) mass is 276 g/mol. The molecule has 3 N–H and O–H groups in total. The molecule has 5 heteroatoms. The summed E-state index contributed by atoms with van der Waals surface area (Å²) in [6.45, 7) is 6.61. The van der Waals surface area contributed by atoms with Crippen LogP contribution in [0.1, 0.15) is 29.3 Å². The molecule has 20 heavy (non-hydrogen) atoms. The van der Waals surface area contributed by atoms with Crippen LogP contribution < -0.4 is 11.3 Å². The van der Waals surface area contributed by atoms with Gasteiger partial charge in [0.25, 0.3) is 5.91 Å². The van der Waals surface area contributed by atoms with Gasteiger partial charge in [-0.1, -0.05) is 18.6 Å². The molecule has 2 rings (SSSR count). The molecule has 0 aliphatic carbocycles. The molecule has 1 atom stereocenters. The van der Waals surface area contributed by atoms with Gasteiger partial charge in [-0.3, -0.25) is 15.5 Å². The Labute approximate surface area is 120 Å². The van der Waals surface area contributed by atoms with Gasteiger partial charge in [-0.2, -0.15) is 0 Å². The molecule has 5 nitrogen and oxygen atoms in total. The lowest BCUT2D eigenvalue weighted by Crippen LogP contribution is -2.53. The highest BCUT2D eigenvalue weighted by atomic mass is 16.2. The number of hydrogen-bond donors (Lipinski definition) is 2. The molecule has 1 aromatic rings. The standard InChI is InChI=1S/C15H24N4O/c1-4-12-10-19(8-7-18(12)3)15(20)13-9-11(2)5-6-14(13)17-16/h5-6,9,12,17H,4,7-8,10,16H2,1-3H3. The van der Waals surface area contributed by atoms with Crippen molar-refractivity contribution in [3.05, 3.63) is 29.3 Å². The minimum Gasteiger partial charge on any atom is -0.336 e. The summed E-state index contributed by atoms with van der Waals surface area (Å²) in [7, 11) is 2.12. The predicted octanol–water partition coefficient (Wildman–Crippen LogP) is 1.45. The predicted molar refractivity (Wildman–Crippen MR) is 81.6 cm³/mol. The smallest absolute Gasteiger partial charge is 0.256 e. The first-order valence-electron chi connectivity index (χ1n) is 7.13. The van der Waals surface area contributed by atoms with E-state index < -0.39 is 0 Å². The lowest BCUT2D eigenvalue weighted by molar-refractivity contribution is 0.0542. The number of carbonyl (C=O) groups excluding carboxylic acids is 1. The van der Waals surface area contributed by atoms with Crippen LogP contribution in [-0.4, -0.2) is 48.4 Å². The molecule has 0 spiro atoms. The van der Waals surface area contributed by atoms with Crippen molar-refractivity contribution >= 4 is 11.6 Å². The highest BCUT2D eigenvalue weighted by Crippen LogP contribution is 2.20. The summed E-state index contributed by atoms with van der Waals surface area (Å²) < 4.78 is 0. The van der Waals surface area contributed by atoms with E-state index >= 15 is 0 Å². The first-order chi connectivity index (χ1) is 9.56. The van der Waals surface area contributed by atoms with Gasteiger partial charge in [-0.15, -0.1) is 0 Å². The van der Waals surface area contributed by atoms with Gasteiger partial charge < -0.3 is 10.3 Å². The van der Waals surface area contributed by atoms with Crippen molar-refractivity contribution in [3.63, 3.8) is 0 Å². The molecule has 1 heterocycles. The Morgan fingerprint density at radius 1 is 1.45 bits per heavy atom. The van der Waals surface area contributed by atoms with Gasteiger partial charge >= 0.3 is 0 Å². The van der Waals surface area contributed by atoms with Crippen LogP contribution in [0.4, 0.5) is 5.69 Å². The van der Waals surface area contributed by atoms with Crippen LogP contribution in [0.15, 0.2) is 18.2 Å². The molecule has 1 fully saturated rings. The van der Waals surface area contributed by atoms with E-state index in [0.29, 0.717) is 17.3 Å². The number of aryl methyl sites for hydroxylation is 1. The van der Waals surface area contributed by atoms with Crippen molar-refractivity contribution in [3.8, 4) is 0 Å². The first-order valence-corrected chi connectivity index (χ1v) is 7.13. The normalized spacial score (nSPS) is 20.0. The maximum Gasteiger partial charge on any atom is 0.256 e. The van der Waals surface area contributed by atoms with Crippen LogP contribution in [0.3, 0.4) is 0 Å². The van der Waals surface area contributed by atoms with Crippen molar-refractivity contribution in [1.82, 2.24) is 9.80 Å². The molecular formula is C15H24N4O. The Morgan fingerprint density at radius 2 is 2.20 bits per heavy atom. The zero-order valence-corrected chi connectivity index (χ0v) is 12.5. The number of hydrogen-bond acceptors (Lipinski definition) is 4. The number of nitrogens with one attached hydrogen (secondary N) is 1. The number of carbonyl (C=O) groups is 1. The third-order valence-corrected chi connectivity index (χ3v) is 4.10. The van der Waals surface area contributed by atoms with Crippen molar-refractivity contribution in [2.75, 3.05) is 32.1 Å². The fourth-order valence-electron chi connectivity index (χ4n) is 2.70. The van der Waals surface area contributed by atoms with E-state index in [1.54, 1.807) is 0 Å². The molecule has 0 aromatic heterocycles. The second kappa shape index (κ2) is 6.24. The number of hydrazine groups is 1. The van der Waals surface area contributed by atoms with Crippen LogP contribution >= 0.6 is 0 Å². The molecule has 110 valence electrons. The number of benzene rings is 1. The highest BCUT2D eigenvalue weighted by molar-refractivity contribution is 5.99. The van der Waals surface area contributed by atoms with E-state index in [1.807, 2.05) is 30.0 Å². The van der Waals surface area contributed by atoms with Crippen LogP contribution in [0.5, 0.6) is 0 Å². The van der Waals surface area contributed by atoms with Gasteiger partial charge in [0.1, 0.15) is 0 Å². The Bertz CT molecular complexity index is 489. The zero-order valence-electron chi connectivity index (χ0n) is 12.5. The number of amides is 1. The largest absolute Gasteiger partial charge is 0.336 e. The van der Waals surface area contributed by atoms with Gasteiger partial charge in [0.2, 0.25) is 0 Å². The fraction of sp³-hybridized carbons (Fsp3) is 0.533. The minimum atomic E-state index is 0.0631. The number of likely N-dealkylation sites (N-methyl/N-ethyl adjacent to an activating group) is 1. The fourth-order valence-corrected chi connectivity index (χ4v) is 2.70. The minimum absolute atomic E-state index is 0.0631. The Morgan fingerprint density at radius 3 is 2.85 bits per heavy atom. The van der Waals surface area contributed by atoms with E-state index in [2.05, 4.69) is 24.3 Å². The molecule has 0 saturated carbocycles. The van der Waals surface area contributed by atoms with E-state index in [-0.39, 0.29) is 5.91 Å². The molecule has 1 aliphatic heterocycles. The third kappa shape index (κ3) is 2.94. The topological polar surface area (TPSA) is 61.6 Å². The first kappa shape index (κ1) is 14.8. The number of anilines is 1. The van der Waals surface area contributed by atoms with Crippen LogP contribution in [0, 0.1) is 6.92 Å². The average molecular weight is 276 g/mol. The van der Waals surface area contributed by atoms with E-state index in [9.17, 15) is 4.79 Å². The average Bonchev–Trinajstić information content (AvgIpc) is 2.47. The molecule has 0 radical (unpaired) electrons. The number of rotatable bonds is 3. The zero-order chi connectivity index (χ0) is 14.7. The summed E-state index contributed by atoms with van der Waals surface area (Å²) in [4.78, 5) is 17.0. The number of piperazine rings is 1. The molecule has 1 amide bonds. The second-order valence-electron chi connectivity index (χ2n) is 5.49. The van der Waals surface area contributed by atoms with Crippen molar-refractivity contribution < 1.29 is 4.79 Å². The number of nitrogens with zero attached hydrogens (tertiary/aromatic N) is 2. The van der Waals surface area contributed by atoms with Crippen LogP contribution in [0.25, 0.3) is 0 Å². The molecule has 1 aromatic carbocycles. The molecule has 1 aliphatic rings. The summed E-state index contributed by atoms with van der Waals surface area (Å²) in [5.41, 5.74) is 5.03. The molecule has 0 bridgehead atoms. The van der Waals surface area contributed by atoms with E-state index in [0.717, 1.165) is 31.6 Å². The van der Waals surface area contributed by atoms with Gasteiger partial charge in [0.05, 0.1) is 11.3 Å². The van der Waals surface area contributed by atoms with Gasteiger partial charge in [0.15, 0.2) is 0 Å². The highest BCUT2D eigenvalue weighted by Gasteiger charge is 2.27. The summed E-state index contributed by atoms with van der Waals surface area (Å²) >= 11 is 0. The maximum absolute atomic E-state index is 12.7. The summed E-state index contributed by atoms with van der Waals surface area (Å²) in [5.74, 6) is 5.58. The van der Waals surface area contributed by atoms with Crippen molar-refractivity contribution in [2.45, 2.75) is 26.3 Å².